The normalized spacial score (nSPS) is 11.2. The van der Waals surface area contributed by atoms with Crippen molar-refractivity contribution >= 4 is 5.65 Å². The molecule has 3 aromatic heterocycles. The van der Waals surface area contributed by atoms with E-state index in [9.17, 15) is 18.0 Å². The first-order valence-electron chi connectivity index (χ1n) is 9.73. The summed E-state index contributed by atoms with van der Waals surface area (Å²) in [6, 6.07) is 11.9. The van der Waals surface area contributed by atoms with Gasteiger partial charge < -0.3 is 14.2 Å². The number of nitriles is 1. The Morgan fingerprint density at radius 2 is 1.79 bits per heavy atom. The molecule has 0 fully saturated rings. The van der Waals surface area contributed by atoms with Gasteiger partial charge in [0.05, 0.1) is 6.54 Å². The zero-order valence-corrected chi connectivity index (χ0v) is 17.3. The van der Waals surface area contributed by atoms with Crippen LogP contribution >= 0.6 is 0 Å². The van der Waals surface area contributed by atoms with Gasteiger partial charge in [0.15, 0.2) is 12.3 Å². The fourth-order valence-corrected chi connectivity index (χ4v) is 2.99. The van der Waals surface area contributed by atoms with Gasteiger partial charge in [-0.05, 0) is 35.4 Å². The Balaban J connectivity index is 1.45. The van der Waals surface area contributed by atoms with Gasteiger partial charge in [0.25, 0.3) is 0 Å². The molecule has 0 aliphatic rings. The standard InChI is InChI=1S/C21H15F3N6O4/c22-21(23,24)34-16-4-1-14(2-5-16)15-3-6-17-28-30(20(31)29(17)13-15)10-12-33-19-26-9-7-18(27-19)32-11-8-25/h1-7,9,13H,10-12H2. The van der Waals surface area contributed by atoms with E-state index in [1.807, 2.05) is 6.07 Å². The second-order valence-corrected chi connectivity index (χ2v) is 6.70. The van der Waals surface area contributed by atoms with Crippen molar-refractivity contribution in [3.63, 3.8) is 0 Å². The zero-order valence-electron chi connectivity index (χ0n) is 17.3. The number of alkyl halides is 3. The van der Waals surface area contributed by atoms with E-state index in [1.165, 1.54) is 45.6 Å². The summed E-state index contributed by atoms with van der Waals surface area (Å²) >= 11 is 0. The second-order valence-electron chi connectivity index (χ2n) is 6.70. The zero-order chi connectivity index (χ0) is 24.1. The van der Waals surface area contributed by atoms with Crippen LogP contribution in [0.5, 0.6) is 17.6 Å². The molecule has 0 aliphatic heterocycles. The number of rotatable bonds is 8. The number of nitrogens with zero attached hydrogens (tertiary/aromatic N) is 6. The number of fused-ring (bicyclic) bond motifs is 1. The van der Waals surface area contributed by atoms with Crippen molar-refractivity contribution in [1.82, 2.24) is 24.1 Å². The van der Waals surface area contributed by atoms with Crippen LogP contribution in [0.1, 0.15) is 0 Å². The van der Waals surface area contributed by atoms with Crippen molar-refractivity contribution < 1.29 is 27.4 Å². The molecule has 4 aromatic rings. The monoisotopic (exact) mass is 472 g/mol. The highest BCUT2D eigenvalue weighted by Gasteiger charge is 2.31. The van der Waals surface area contributed by atoms with E-state index in [-0.39, 0.29) is 37.4 Å². The Morgan fingerprint density at radius 1 is 1.03 bits per heavy atom. The number of benzene rings is 1. The summed E-state index contributed by atoms with van der Waals surface area (Å²) in [5.41, 5.74) is 1.15. The van der Waals surface area contributed by atoms with Gasteiger partial charge in [0.2, 0.25) is 5.88 Å². The highest BCUT2D eigenvalue weighted by molar-refractivity contribution is 5.65. The van der Waals surface area contributed by atoms with Crippen molar-refractivity contribution in [1.29, 1.82) is 5.26 Å². The quantitative estimate of drug-likeness (QED) is 0.384. The molecular formula is C21H15F3N6O4. The van der Waals surface area contributed by atoms with E-state index in [0.717, 1.165) is 0 Å². The number of hydrogen-bond donors (Lipinski definition) is 0. The molecule has 3 heterocycles. The van der Waals surface area contributed by atoms with Crippen molar-refractivity contribution in [2.45, 2.75) is 12.9 Å². The first-order valence-corrected chi connectivity index (χ1v) is 9.73. The lowest BCUT2D eigenvalue weighted by atomic mass is 10.1. The number of ether oxygens (including phenoxy) is 3. The molecule has 10 nitrogen and oxygen atoms in total. The maximum absolute atomic E-state index is 12.7. The number of aromatic nitrogens is 5. The molecular weight excluding hydrogens is 457 g/mol. The second kappa shape index (κ2) is 9.49. The van der Waals surface area contributed by atoms with Crippen molar-refractivity contribution in [2.24, 2.45) is 0 Å². The minimum atomic E-state index is -4.77. The molecule has 0 N–H and O–H groups in total. The van der Waals surface area contributed by atoms with Crippen LogP contribution in [0, 0.1) is 11.3 Å². The first-order chi connectivity index (χ1) is 16.3. The average molecular weight is 472 g/mol. The van der Waals surface area contributed by atoms with E-state index in [0.29, 0.717) is 16.8 Å². The summed E-state index contributed by atoms with van der Waals surface area (Å²) in [7, 11) is 0. The minimum Gasteiger partial charge on any atom is -0.462 e. The van der Waals surface area contributed by atoms with Crippen LogP contribution in [0.2, 0.25) is 0 Å². The van der Waals surface area contributed by atoms with Gasteiger partial charge in [-0.2, -0.15) is 10.2 Å². The highest BCUT2D eigenvalue weighted by Crippen LogP contribution is 2.26. The van der Waals surface area contributed by atoms with Gasteiger partial charge in [-0.25, -0.2) is 18.9 Å². The van der Waals surface area contributed by atoms with Gasteiger partial charge in [-0.3, -0.25) is 0 Å². The molecule has 4 rings (SSSR count). The van der Waals surface area contributed by atoms with E-state index in [1.54, 1.807) is 18.3 Å². The molecule has 0 aliphatic carbocycles. The van der Waals surface area contributed by atoms with Crippen LogP contribution in [-0.4, -0.2) is 43.7 Å². The van der Waals surface area contributed by atoms with Crippen LogP contribution in [0.4, 0.5) is 13.2 Å². The maximum atomic E-state index is 12.7. The Kier molecular flexibility index (Phi) is 6.30. The van der Waals surface area contributed by atoms with Crippen LogP contribution < -0.4 is 19.9 Å². The summed E-state index contributed by atoms with van der Waals surface area (Å²) < 4.78 is 53.9. The Morgan fingerprint density at radius 3 is 2.53 bits per heavy atom. The Labute approximate surface area is 189 Å². The molecule has 13 heteroatoms. The largest absolute Gasteiger partial charge is 0.573 e. The van der Waals surface area contributed by atoms with E-state index in [2.05, 4.69) is 19.8 Å². The topological polar surface area (TPSA) is 117 Å². The smallest absolute Gasteiger partial charge is 0.462 e. The summed E-state index contributed by atoms with van der Waals surface area (Å²) in [6.07, 6.45) is -1.82. The van der Waals surface area contributed by atoms with E-state index >= 15 is 0 Å². The fourth-order valence-electron chi connectivity index (χ4n) is 2.99. The lowest BCUT2D eigenvalue weighted by molar-refractivity contribution is -0.274. The molecule has 0 saturated heterocycles. The van der Waals surface area contributed by atoms with Gasteiger partial charge in [0, 0.05) is 18.5 Å². The fraction of sp³-hybridized carbons (Fsp3) is 0.190. The lowest BCUT2D eigenvalue weighted by Crippen LogP contribution is -2.24. The first kappa shape index (κ1) is 22.6. The van der Waals surface area contributed by atoms with Crippen LogP contribution in [0.15, 0.2) is 59.7 Å². The molecule has 0 amide bonds. The SMILES string of the molecule is N#CCOc1ccnc(OCCn2nc3ccc(-c4ccc(OC(F)(F)F)cc4)cn3c2=O)n1. The summed E-state index contributed by atoms with van der Waals surface area (Å²) in [5.74, 6) is -0.157. The predicted molar refractivity (Wildman–Crippen MR) is 110 cm³/mol. The predicted octanol–water partition coefficient (Wildman–Crippen LogP) is 2.83. The molecule has 0 spiro atoms. The third-order valence-electron chi connectivity index (χ3n) is 4.43. The van der Waals surface area contributed by atoms with Crippen molar-refractivity contribution in [3.8, 4) is 34.8 Å². The number of hydrogen-bond acceptors (Lipinski definition) is 8. The number of pyridine rings is 1. The third kappa shape index (κ3) is 5.41. The number of halogens is 3. The van der Waals surface area contributed by atoms with Gasteiger partial charge in [-0.15, -0.1) is 18.3 Å². The molecule has 0 radical (unpaired) electrons. The summed E-state index contributed by atoms with van der Waals surface area (Å²) in [6.45, 7) is -0.0223. The molecule has 34 heavy (non-hydrogen) atoms. The molecule has 174 valence electrons. The van der Waals surface area contributed by atoms with Crippen LogP contribution in [0.3, 0.4) is 0 Å². The third-order valence-corrected chi connectivity index (χ3v) is 4.43. The molecule has 0 atom stereocenters. The molecule has 0 saturated carbocycles. The Bertz CT molecular complexity index is 1390. The summed E-state index contributed by atoms with van der Waals surface area (Å²) in [4.78, 5) is 20.6. The van der Waals surface area contributed by atoms with E-state index in [4.69, 9.17) is 14.7 Å². The molecule has 0 bridgehead atoms. The van der Waals surface area contributed by atoms with Gasteiger partial charge in [-0.1, -0.05) is 12.1 Å². The van der Waals surface area contributed by atoms with Crippen LogP contribution in [-0.2, 0) is 6.54 Å². The minimum absolute atomic E-state index is 0.0208. The van der Waals surface area contributed by atoms with Gasteiger partial charge >= 0.3 is 18.1 Å². The molecule has 1 aromatic carbocycles. The Hall–Kier alpha value is -4.60. The van der Waals surface area contributed by atoms with Crippen molar-refractivity contribution in [2.75, 3.05) is 13.2 Å². The van der Waals surface area contributed by atoms with Gasteiger partial charge in [0.1, 0.15) is 18.4 Å². The van der Waals surface area contributed by atoms with Crippen LogP contribution in [0.25, 0.3) is 16.8 Å². The maximum Gasteiger partial charge on any atom is 0.573 e. The lowest BCUT2D eigenvalue weighted by Gasteiger charge is -2.09. The summed E-state index contributed by atoms with van der Waals surface area (Å²) in [5, 5.41) is 12.8. The average Bonchev–Trinajstić information content (AvgIpc) is 3.12. The highest BCUT2D eigenvalue weighted by atomic mass is 19.4. The van der Waals surface area contributed by atoms with Crippen molar-refractivity contribution in [3.05, 3.63) is 65.3 Å². The molecule has 0 unspecified atom stereocenters. The van der Waals surface area contributed by atoms with E-state index < -0.39 is 12.1 Å².